The standard InChI is InChI=1S/C25H27NO4/c1-5-17-7-9-18(10-8-17)22-21-23(27)20-16(3)13-15(2)14-19(20)30-24(21)25(28)26(22)11-6-12-29-4/h7-10,13-14,22H,5-6,11-12H2,1-4H3. The summed E-state index contributed by atoms with van der Waals surface area (Å²) in [6.07, 6.45) is 1.62. The summed E-state index contributed by atoms with van der Waals surface area (Å²) in [5.41, 5.74) is 4.81. The van der Waals surface area contributed by atoms with Crippen molar-refractivity contribution in [1.82, 2.24) is 4.90 Å². The van der Waals surface area contributed by atoms with Gasteiger partial charge in [0, 0.05) is 20.3 Å². The number of methoxy groups -OCH3 is 1. The third-order valence-electron chi connectivity index (χ3n) is 5.86. The Hall–Kier alpha value is -2.92. The number of nitrogens with zero attached hydrogens (tertiary/aromatic N) is 1. The first-order valence-corrected chi connectivity index (χ1v) is 10.4. The number of fused-ring (bicyclic) bond motifs is 2. The van der Waals surface area contributed by atoms with Gasteiger partial charge in [-0.05, 0) is 55.0 Å². The number of benzene rings is 2. The average Bonchev–Trinajstić information content (AvgIpc) is 3.00. The zero-order valence-corrected chi connectivity index (χ0v) is 18.0. The largest absolute Gasteiger partial charge is 0.450 e. The Kier molecular flexibility index (Phi) is 5.48. The maximum Gasteiger partial charge on any atom is 0.290 e. The summed E-state index contributed by atoms with van der Waals surface area (Å²) in [5, 5.41) is 0.557. The van der Waals surface area contributed by atoms with Gasteiger partial charge in [0.25, 0.3) is 5.91 Å². The van der Waals surface area contributed by atoms with Crippen molar-refractivity contribution in [3.63, 3.8) is 0 Å². The first-order chi connectivity index (χ1) is 14.5. The molecule has 156 valence electrons. The summed E-state index contributed by atoms with van der Waals surface area (Å²) in [5.74, 6) is -0.0664. The number of amides is 1. The van der Waals surface area contributed by atoms with Crippen molar-refractivity contribution in [3.05, 3.63) is 80.2 Å². The minimum atomic E-state index is -0.448. The van der Waals surface area contributed by atoms with Gasteiger partial charge >= 0.3 is 0 Å². The average molecular weight is 405 g/mol. The Morgan fingerprint density at radius 1 is 1.10 bits per heavy atom. The molecule has 2 heterocycles. The highest BCUT2D eigenvalue weighted by atomic mass is 16.5. The first kappa shape index (κ1) is 20.4. The minimum absolute atomic E-state index is 0.115. The highest BCUT2D eigenvalue weighted by molar-refractivity contribution is 5.99. The van der Waals surface area contributed by atoms with E-state index in [1.807, 2.05) is 38.1 Å². The van der Waals surface area contributed by atoms with Gasteiger partial charge in [-0.1, -0.05) is 37.3 Å². The predicted octanol–water partition coefficient (Wildman–Crippen LogP) is 4.55. The van der Waals surface area contributed by atoms with Gasteiger partial charge in [0.15, 0.2) is 5.43 Å². The van der Waals surface area contributed by atoms with Crippen molar-refractivity contribution in [2.45, 2.75) is 39.7 Å². The summed E-state index contributed by atoms with van der Waals surface area (Å²) in [6, 6.07) is 11.5. The van der Waals surface area contributed by atoms with Crippen LogP contribution in [0.2, 0.25) is 0 Å². The Balaban J connectivity index is 1.93. The number of rotatable bonds is 6. The third-order valence-corrected chi connectivity index (χ3v) is 5.86. The lowest BCUT2D eigenvalue weighted by Gasteiger charge is -2.25. The minimum Gasteiger partial charge on any atom is -0.450 e. The second kappa shape index (κ2) is 8.07. The van der Waals surface area contributed by atoms with E-state index < -0.39 is 6.04 Å². The van der Waals surface area contributed by atoms with E-state index in [2.05, 4.69) is 19.1 Å². The van der Waals surface area contributed by atoms with Crippen LogP contribution in [0, 0.1) is 13.8 Å². The summed E-state index contributed by atoms with van der Waals surface area (Å²) < 4.78 is 11.2. The van der Waals surface area contributed by atoms with Crippen LogP contribution < -0.4 is 5.43 Å². The van der Waals surface area contributed by atoms with Gasteiger partial charge in [-0.25, -0.2) is 0 Å². The Bertz CT molecular complexity index is 1160. The molecule has 1 aromatic heterocycles. The second-order valence-corrected chi connectivity index (χ2v) is 7.97. The zero-order chi connectivity index (χ0) is 21.4. The van der Waals surface area contributed by atoms with E-state index in [1.54, 1.807) is 12.0 Å². The predicted molar refractivity (Wildman–Crippen MR) is 117 cm³/mol. The molecule has 4 rings (SSSR count). The van der Waals surface area contributed by atoms with Crippen LogP contribution in [0.25, 0.3) is 11.0 Å². The van der Waals surface area contributed by atoms with Gasteiger partial charge in [0.05, 0.1) is 17.0 Å². The lowest BCUT2D eigenvalue weighted by Crippen LogP contribution is -2.31. The van der Waals surface area contributed by atoms with Gasteiger partial charge in [0.1, 0.15) is 5.58 Å². The van der Waals surface area contributed by atoms with Crippen LogP contribution in [0.15, 0.2) is 45.6 Å². The van der Waals surface area contributed by atoms with Crippen molar-refractivity contribution in [1.29, 1.82) is 0 Å². The van der Waals surface area contributed by atoms with Gasteiger partial charge in [-0.3, -0.25) is 9.59 Å². The van der Waals surface area contributed by atoms with Crippen LogP contribution in [0.4, 0.5) is 0 Å². The molecule has 0 spiro atoms. The number of hydrogen-bond donors (Lipinski definition) is 0. The van der Waals surface area contributed by atoms with Crippen LogP contribution in [-0.4, -0.2) is 31.1 Å². The SMILES string of the molecule is CCc1ccc(C2c3c(oc4cc(C)cc(C)c4c3=O)C(=O)N2CCCOC)cc1. The molecule has 3 aromatic rings. The molecule has 0 N–H and O–H groups in total. The van der Waals surface area contributed by atoms with Crippen LogP contribution in [0.3, 0.4) is 0 Å². The molecule has 5 nitrogen and oxygen atoms in total. The summed E-state index contributed by atoms with van der Waals surface area (Å²) >= 11 is 0. The Morgan fingerprint density at radius 3 is 2.50 bits per heavy atom. The van der Waals surface area contributed by atoms with Crippen LogP contribution in [0.1, 0.15) is 57.8 Å². The van der Waals surface area contributed by atoms with E-state index in [4.69, 9.17) is 9.15 Å². The summed E-state index contributed by atoms with van der Waals surface area (Å²) in [4.78, 5) is 28.7. The van der Waals surface area contributed by atoms with Gasteiger partial charge in [0.2, 0.25) is 5.76 Å². The fourth-order valence-corrected chi connectivity index (χ4v) is 4.41. The van der Waals surface area contributed by atoms with E-state index in [9.17, 15) is 9.59 Å². The fraction of sp³-hybridized carbons (Fsp3) is 0.360. The second-order valence-electron chi connectivity index (χ2n) is 7.97. The van der Waals surface area contributed by atoms with E-state index in [0.29, 0.717) is 36.1 Å². The Labute approximate surface area is 176 Å². The number of ether oxygens (including phenoxy) is 1. The quantitative estimate of drug-likeness (QED) is 0.565. The first-order valence-electron chi connectivity index (χ1n) is 10.4. The normalized spacial score (nSPS) is 15.8. The molecular formula is C25H27NO4. The smallest absolute Gasteiger partial charge is 0.290 e. The van der Waals surface area contributed by atoms with Crippen molar-refractivity contribution >= 4 is 16.9 Å². The van der Waals surface area contributed by atoms with E-state index in [0.717, 1.165) is 23.1 Å². The topological polar surface area (TPSA) is 59.8 Å². The van der Waals surface area contributed by atoms with Crippen LogP contribution in [0.5, 0.6) is 0 Å². The molecule has 1 aliphatic heterocycles. The maximum absolute atomic E-state index is 13.6. The number of carbonyl (C=O) groups excluding carboxylic acids is 1. The van der Waals surface area contributed by atoms with E-state index in [-0.39, 0.29) is 17.1 Å². The molecule has 1 atom stereocenters. The number of carbonyl (C=O) groups is 1. The molecule has 0 fully saturated rings. The zero-order valence-electron chi connectivity index (χ0n) is 18.0. The van der Waals surface area contributed by atoms with Crippen molar-refractivity contribution in [2.75, 3.05) is 20.3 Å². The molecule has 0 bridgehead atoms. The molecule has 1 unspecified atom stereocenters. The summed E-state index contributed by atoms with van der Waals surface area (Å²) in [6.45, 7) is 7.01. The molecule has 1 amide bonds. The Morgan fingerprint density at radius 2 is 1.83 bits per heavy atom. The van der Waals surface area contributed by atoms with Gasteiger partial charge in [-0.2, -0.15) is 0 Å². The fourth-order valence-electron chi connectivity index (χ4n) is 4.41. The van der Waals surface area contributed by atoms with Crippen LogP contribution >= 0.6 is 0 Å². The van der Waals surface area contributed by atoms with Gasteiger partial charge in [-0.15, -0.1) is 0 Å². The molecule has 1 aliphatic rings. The highest BCUT2D eigenvalue weighted by Crippen LogP contribution is 2.38. The molecule has 0 saturated heterocycles. The van der Waals surface area contributed by atoms with Crippen molar-refractivity contribution in [2.24, 2.45) is 0 Å². The molecule has 0 saturated carbocycles. The molecule has 0 radical (unpaired) electrons. The molecule has 5 heteroatoms. The van der Waals surface area contributed by atoms with Gasteiger partial charge < -0.3 is 14.1 Å². The van der Waals surface area contributed by atoms with Crippen molar-refractivity contribution < 1.29 is 13.9 Å². The number of hydrogen-bond acceptors (Lipinski definition) is 4. The molecule has 2 aromatic carbocycles. The lowest BCUT2D eigenvalue weighted by atomic mass is 9.96. The molecular weight excluding hydrogens is 378 g/mol. The van der Waals surface area contributed by atoms with E-state index in [1.165, 1.54) is 5.56 Å². The monoisotopic (exact) mass is 405 g/mol. The molecule has 30 heavy (non-hydrogen) atoms. The highest BCUT2D eigenvalue weighted by Gasteiger charge is 2.42. The third kappa shape index (κ3) is 3.33. The lowest BCUT2D eigenvalue weighted by molar-refractivity contribution is 0.0708. The molecule has 0 aliphatic carbocycles. The van der Waals surface area contributed by atoms with Crippen molar-refractivity contribution in [3.8, 4) is 0 Å². The maximum atomic E-state index is 13.6. The number of aryl methyl sites for hydroxylation is 3. The van der Waals surface area contributed by atoms with E-state index >= 15 is 0 Å². The van der Waals surface area contributed by atoms with Crippen LogP contribution in [-0.2, 0) is 11.2 Å². The summed E-state index contributed by atoms with van der Waals surface area (Å²) in [7, 11) is 1.64.